The van der Waals surface area contributed by atoms with Crippen molar-refractivity contribution in [3.05, 3.63) is 15.8 Å². The average molecular weight is 299 g/mol. The lowest BCUT2D eigenvalue weighted by Crippen LogP contribution is -2.32. The van der Waals surface area contributed by atoms with E-state index in [-0.39, 0.29) is 29.9 Å². The molecule has 9 nitrogen and oxygen atoms in total. The van der Waals surface area contributed by atoms with Gasteiger partial charge in [0.15, 0.2) is 0 Å². The Bertz CT molecular complexity index is 512. The number of aromatic nitrogens is 2. The summed E-state index contributed by atoms with van der Waals surface area (Å²) in [5.41, 5.74) is 0.307. The Balaban J connectivity index is 2.79. The van der Waals surface area contributed by atoms with E-state index in [0.717, 1.165) is 0 Å². The van der Waals surface area contributed by atoms with Crippen LogP contribution in [0.25, 0.3) is 0 Å². The van der Waals surface area contributed by atoms with Crippen molar-refractivity contribution >= 4 is 17.4 Å². The van der Waals surface area contributed by atoms with Crippen molar-refractivity contribution in [2.24, 2.45) is 7.05 Å². The van der Waals surface area contributed by atoms with Gasteiger partial charge in [-0.2, -0.15) is 5.10 Å². The highest BCUT2D eigenvalue weighted by Gasteiger charge is 2.28. The van der Waals surface area contributed by atoms with Gasteiger partial charge < -0.3 is 15.4 Å². The fourth-order valence-corrected chi connectivity index (χ4v) is 1.82. The van der Waals surface area contributed by atoms with Gasteiger partial charge in [0.2, 0.25) is 11.7 Å². The summed E-state index contributed by atoms with van der Waals surface area (Å²) in [6, 6.07) is 0. The Hall–Kier alpha value is -2.16. The summed E-state index contributed by atoms with van der Waals surface area (Å²) < 4.78 is 6.20. The number of nitrogens with one attached hydrogen (secondary N) is 2. The number of rotatable bonds is 8. The molecule has 1 aromatic heterocycles. The molecule has 0 saturated carbocycles. The van der Waals surface area contributed by atoms with Crippen LogP contribution in [0.15, 0.2) is 0 Å². The molecule has 0 bridgehead atoms. The number of hydrogen-bond donors (Lipinski definition) is 2. The molecule has 0 aliphatic rings. The first kappa shape index (κ1) is 16.9. The van der Waals surface area contributed by atoms with E-state index < -0.39 is 4.92 Å². The molecule has 118 valence electrons. The number of amides is 1. The Morgan fingerprint density at radius 1 is 1.52 bits per heavy atom. The van der Waals surface area contributed by atoms with Crippen molar-refractivity contribution in [3.63, 3.8) is 0 Å². The van der Waals surface area contributed by atoms with Gasteiger partial charge in [0.25, 0.3) is 0 Å². The van der Waals surface area contributed by atoms with Gasteiger partial charge in [-0.05, 0) is 0 Å². The first-order chi connectivity index (χ1) is 9.88. The molecule has 9 heteroatoms. The van der Waals surface area contributed by atoms with Crippen LogP contribution in [-0.4, -0.2) is 47.4 Å². The monoisotopic (exact) mass is 299 g/mol. The van der Waals surface area contributed by atoms with E-state index in [1.54, 1.807) is 7.05 Å². The molecule has 0 spiro atoms. The van der Waals surface area contributed by atoms with Gasteiger partial charge in [-0.1, -0.05) is 13.8 Å². The number of methoxy groups -OCH3 is 1. The van der Waals surface area contributed by atoms with Gasteiger partial charge in [-0.3, -0.25) is 14.9 Å². The lowest BCUT2D eigenvalue weighted by Gasteiger charge is -2.07. The van der Waals surface area contributed by atoms with Crippen LogP contribution in [-0.2, 0) is 16.6 Å². The molecule has 0 radical (unpaired) electrons. The van der Waals surface area contributed by atoms with Crippen molar-refractivity contribution in [2.45, 2.75) is 19.8 Å². The smallest absolute Gasteiger partial charge is 0.334 e. The van der Waals surface area contributed by atoms with Gasteiger partial charge in [0, 0.05) is 26.6 Å². The van der Waals surface area contributed by atoms with Crippen molar-refractivity contribution < 1.29 is 14.5 Å². The van der Waals surface area contributed by atoms with Crippen molar-refractivity contribution in [3.8, 4) is 0 Å². The third-order valence-electron chi connectivity index (χ3n) is 2.82. The Kier molecular flexibility index (Phi) is 6.10. The molecule has 0 unspecified atom stereocenters. The van der Waals surface area contributed by atoms with Gasteiger partial charge >= 0.3 is 5.69 Å². The van der Waals surface area contributed by atoms with Gasteiger partial charge in [0.05, 0.1) is 18.1 Å². The second kappa shape index (κ2) is 7.58. The zero-order valence-electron chi connectivity index (χ0n) is 12.7. The predicted octanol–water partition coefficient (Wildman–Crippen LogP) is 0.626. The van der Waals surface area contributed by atoms with Gasteiger partial charge in [-0.25, -0.2) is 4.68 Å². The highest BCUT2D eigenvalue weighted by atomic mass is 16.6. The number of anilines is 1. The molecule has 1 amide bonds. The lowest BCUT2D eigenvalue weighted by atomic mass is 10.1. The van der Waals surface area contributed by atoms with Crippen LogP contribution < -0.4 is 10.6 Å². The Morgan fingerprint density at radius 3 is 2.71 bits per heavy atom. The number of ether oxygens (including phenoxy) is 1. The fraction of sp³-hybridized carbons (Fsp3) is 0.667. The molecule has 0 aliphatic carbocycles. The van der Waals surface area contributed by atoms with Crippen LogP contribution in [0.2, 0.25) is 0 Å². The molecule has 2 N–H and O–H groups in total. The van der Waals surface area contributed by atoms with E-state index in [4.69, 9.17) is 4.74 Å². The molecule has 1 aromatic rings. The van der Waals surface area contributed by atoms with Crippen LogP contribution in [0.1, 0.15) is 25.5 Å². The van der Waals surface area contributed by atoms with E-state index >= 15 is 0 Å². The predicted molar refractivity (Wildman–Crippen MR) is 77.3 cm³/mol. The van der Waals surface area contributed by atoms with Gasteiger partial charge in [0.1, 0.15) is 5.69 Å². The summed E-state index contributed by atoms with van der Waals surface area (Å²) in [5.74, 6) is -0.123. The van der Waals surface area contributed by atoms with Crippen LogP contribution in [0, 0.1) is 10.1 Å². The molecule has 0 fully saturated rings. The van der Waals surface area contributed by atoms with Crippen molar-refractivity contribution in [1.82, 2.24) is 15.1 Å². The fourth-order valence-electron chi connectivity index (χ4n) is 1.82. The largest absolute Gasteiger partial charge is 0.383 e. The third-order valence-corrected chi connectivity index (χ3v) is 2.82. The molecule has 0 atom stereocenters. The number of nitrogens with zero attached hydrogens (tertiary/aromatic N) is 3. The van der Waals surface area contributed by atoms with Crippen molar-refractivity contribution in [1.29, 1.82) is 0 Å². The van der Waals surface area contributed by atoms with E-state index in [1.165, 1.54) is 11.8 Å². The zero-order chi connectivity index (χ0) is 16.0. The summed E-state index contributed by atoms with van der Waals surface area (Å²) in [6.45, 7) is 4.39. The Morgan fingerprint density at radius 2 is 2.19 bits per heavy atom. The van der Waals surface area contributed by atoms with E-state index in [9.17, 15) is 14.9 Å². The second-order valence-electron chi connectivity index (χ2n) is 4.81. The average Bonchev–Trinajstić information content (AvgIpc) is 2.74. The number of aryl methyl sites for hydroxylation is 1. The summed E-state index contributed by atoms with van der Waals surface area (Å²) in [5, 5.41) is 20.8. The minimum Gasteiger partial charge on any atom is -0.383 e. The third kappa shape index (κ3) is 4.42. The zero-order valence-corrected chi connectivity index (χ0v) is 12.7. The SMILES string of the molecule is COCCNC(=O)CNc1c([N+](=O)[O-])c(C(C)C)nn1C. The lowest BCUT2D eigenvalue weighted by molar-refractivity contribution is -0.384. The molecule has 1 rings (SSSR count). The van der Waals surface area contributed by atoms with E-state index in [1.807, 2.05) is 13.8 Å². The molecule has 0 aromatic carbocycles. The van der Waals surface area contributed by atoms with Gasteiger partial charge in [-0.15, -0.1) is 0 Å². The summed E-state index contributed by atoms with van der Waals surface area (Å²) in [7, 11) is 3.14. The summed E-state index contributed by atoms with van der Waals surface area (Å²) in [6.07, 6.45) is 0. The first-order valence-electron chi connectivity index (χ1n) is 6.59. The van der Waals surface area contributed by atoms with Crippen LogP contribution in [0.5, 0.6) is 0 Å². The summed E-state index contributed by atoms with van der Waals surface area (Å²) in [4.78, 5) is 22.3. The highest BCUT2D eigenvalue weighted by molar-refractivity contribution is 5.81. The maximum Gasteiger partial charge on any atom is 0.334 e. The summed E-state index contributed by atoms with van der Waals surface area (Å²) >= 11 is 0. The van der Waals surface area contributed by atoms with Crippen molar-refractivity contribution in [2.75, 3.05) is 32.1 Å². The maximum atomic E-state index is 11.6. The Labute approximate surface area is 122 Å². The van der Waals surface area contributed by atoms with E-state index in [2.05, 4.69) is 15.7 Å². The molecule has 1 heterocycles. The minimum atomic E-state index is -0.479. The molecule has 21 heavy (non-hydrogen) atoms. The molecule has 0 saturated heterocycles. The number of nitro groups is 1. The molecular formula is C12H21N5O4. The highest BCUT2D eigenvalue weighted by Crippen LogP contribution is 2.32. The topological polar surface area (TPSA) is 111 Å². The minimum absolute atomic E-state index is 0.0678. The number of carbonyl (C=O) groups excluding carboxylic acids is 1. The normalized spacial score (nSPS) is 10.7. The number of hydrogen-bond acceptors (Lipinski definition) is 6. The molecular weight excluding hydrogens is 278 g/mol. The van der Waals surface area contributed by atoms with Crippen LogP contribution in [0.3, 0.4) is 0 Å². The van der Waals surface area contributed by atoms with Crippen LogP contribution in [0.4, 0.5) is 11.5 Å². The first-order valence-corrected chi connectivity index (χ1v) is 6.59. The van der Waals surface area contributed by atoms with Crippen LogP contribution >= 0.6 is 0 Å². The van der Waals surface area contributed by atoms with E-state index in [0.29, 0.717) is 18.8 Å². The number of carbonyl (C=O) groups is 1. The quantitative estimate of drug-likeness (QED) is 0.413. The maximum absolute atomic E-state index is 11.6. The standard InChI is InChI=1S/C12H21N5O4/c1-8(2)10-11(17(19)20)12(16(3)15-10)14-7-9(18)13-5-6-21-4/h8,14H,5-7H2,1-4H3,(H,13,18). The molecule has 0 aliphatic heterocycles. The second-order valence-corrected chi connectivity index (χ2v) is 4.81.